The molecule has 0 atom stereocenters. The van der Waals surface area contributed by atoms with Crippen molar-refractivity contribution in [3.05, 3.63) is 74.2 Å². The van der Waals surface area contributed by atoms with Crippen LogP contribution in [0.15, 0.2) is 52.5 Å². The van der Waals surface area contributed by atoms with Crippen molar-refractivity contribution in [2.45, 2.75) is 12.8 Å². The second-order valence-corrected chi connectivity index (χ2v) is 8.11. The average molecular weight is 478 g/mol. The number of rotatable bonds is 5. The van der Waals surface area contributed by atoms with E-state index in [1.807, 2.05) is 11.0 Å². The fourth-order valence-electron chi connectivity index (χ4n) is 3.19. The Morgan fingerprint density at radius 2 is 1.76 bits per heavy atom. The Labute approximate surface area is 183 Å². The Morgan fingerprint density at radius 3 is 2.38 bits per heavy atom. The number of hydrogen-bond acceptors (Lipinski definition) is 3. The van der Waals surface area contributed by atoms with Gasteiger partial charge in [-0.15, -0.1) is 0 Å². The van der Waals surface area contributed by atoms with Crippen LogP contribution in [0, 0.1) is 0 Å². The van der Waals surface area contributed by atoms with Crippen molar-refractivity contribution < 1.29 is 14.7 Å². The van der Waals surface area contributed by atoms with E-state index in [4.69, 9.17) is 16.7 Å². The Morgan fingerprint density at radius 1 is 1.10 bits per heavy atom. The number of hydrogen-bond donors (Lipinski definition) is 2. The van der Waals surface area contributed by atoms with Crippen molar-refractivity contribution in [2.24, 2.45) is 0 Å². The highest BCUT2D eigenvalue weighted by molar-refractivity contribution is 9.10. The molecule has 1 fully saturated rings. The number of benzene rings is 2. The number of aliphatic hydroxyl groups is 1. The molecular weight excluding hydrogens is 456 g/mol. The fourth-order valence-corrected chi connectivity index (χ4v) is 3.81. The Hall–Kier alpha value is -2.15. The van der Waals surface area contributed by atoms with Crippen LogP contribution in [0.2, 0.25) is 5.02 Å². The van der Waals surface area contributed by atoms with E-state index in [-0.39, 0.29) is 25.0 Å². The maximum atomic E-state index is 12.6. The van der Waals surface area contributed by atoms with Crippen LogP contribution in [0.1, 0.15) is 39.1 Å². The number of carbonyl (C=O) groups excluding carboxylic acids is 2. The van der Waals surface area contributed by atoms with E-state index in [0.717, 1.165) is 22.9 Å². The molecule has 2 aromatic rings. The van der Waals surface area contributed by atoms with Crippen molar-refractivity contribution in [3.63, 3.8) is 0 Å². The molecule has 2 N–H and O–H groups in total. The lowest BCUT2D eigenvalue weighted by Gasteiger charge is -2.28. The van der Waals surface area contributed by atoms with Gasteiger partial charge >= 0.3 is 0 Å². The molecule has 0 spiro atoms. The van der Waals surface area contributed by atoms with Gasteiger partial charge in [-0.25, -0.2) is 0 Å². The SMILES string of the molecule is O=C(NCCO)c1ccc(C=C2CCN(C(=O)c3ccc(Cl)cc3)CC2)c(Br)c1. The van der Waals surface area contributed by atoms with Gasteiger partial charge in [-0.2, -0.15) is 0 Å². The second-order valence-electron chi connectivity index (χ2n) is 6.82. The predicted octanol–water partition coefficient (Wildman–Crippen LogP) is 4.14. The minimum Gasteiger partial charge on any atom is -0.395 e. The summed E-state index contributed by atoms with van der Waals surface area (Å²) in [7, 11) is 0. The predicted molar refractivity (Wildman–Crippen MR) is 118 cm³/mol. The van der Waals surface area contributed by atoms with E-state index in [2.05, 4.69) is 27.3 Å². The molecule has 152 valence electrons. The molecule has 1 aliphatic rings. The zero-order valence-electron chi connectivity index (χ0n) is 15.8. The largest absolute Gasteiger partial charge is 0.395 e. The van der Waals surface area contributed by atoms with E-state index in [0.29, 0.717) is 29.2 Å². The molecule has 0 radical (unpaired) electrons. The van der Waals surface area contributed by atoms with Crippen molar-refractivity contribution in [3.8, 4) is 0 Å². The molecule has 0 aliphatic carbocycles. The molecular formula is C22H22BrClN2O3. The molecule has 7 heteroatoms. The van der Waals surface area contributed by atoms with Crippen LogP contribution in [0.5, 0.6) is 0 Å². The maximum Gasteiger partial charge on any atom is 0.253 e. The third-order valence-electron chi connectivity index (χ3n) is 4.80. The monoisotopic (exact) mass is 476 g/mol. The van der Waals surface area contributed by atoms with Gasteiger partial charge in [0.25, 0.3) is 11.8 Å². The van der Waals surface area contributed by atoms with Crippen molar-refractivity contribution in [1.82, 2.24) is 10.2 Å². The zero-order valence-corrected chi connectivity index (χ0v) is 18.2. The third kappa shape index (κ3) is 5.69. The maximum absolute atomic E-state index is 12.6. The molecule has 2 amide bonds. The Kier molecular flexibility index (Phi) is 7.47. The number of piperidine rings is 1. The van der Waals surface area contributed by atoms with Crippen molar-refractivity contribution >= 4 is 45.4 Å². The van der Waals surface area contributed by atoms with E-state index < -0.39 is 0 Å². The van der Waals surface area contributed by atoms with Gasteiger partial charge in [0.2, 0.25) is 0 Å². The molecule has 0 aromatic heterocycles. The minimum absolute atomic E-state index is 0.0279. The van der Waals surface area contributed by atoms with Crippen LogP contribution in [-0.4, -0.2) is 48.1 Å². The lowest BCUT2D eigenvalue weighted by molar-refractivity contribution is 0.0743. The Balaban J connectivity index is 1.62. The summed E-state index contributed by atoms with van der Waals surface area (Å²) in [5, 5.41) is 12.1. The van der Waals surface area contributed by atoms with Crippen LogP contribution in [0.3, 0.4) is 0 Å². The summed E-state index contributed by atoms with van der Waals surface area (Å²) in [6.07, 6.45) is 3.73. The van der Waals surface area contributed by atoms with E-state index in [1.165, 1.54) is 5.57 Å². The highest BCUT2D eigenvalue weighted by Crippen LogP contribution is 2.26. The van der Waals surface area contributed by atoms with Gasteiger partial charge in [-0.3, -0.25) is 9.59 Å². The summed E-state index contributed by atoms with van der Waals surface area (Å²) >= 11 is 9.42. The van der Waals surface area contributed by atoms with Crippen LogP contribution in [0.25, 0.3) is 6.08 Å². The highest BCUT2D eigenvalue weighted by atomic mass is 79.9. The quantitative estimate of drug-likeness (QED) is 0.680. The summed E-state index contributed by atoms with van der Waals surface area (Å²) in [6, 6.07) is 12.4. The van der Waals surface area contributed by atoms with Crippen molar-refractivity contribution in [2.75, 3.05) is 26.2 Å². The minimum atomic E-state index is -0.215. The van der Waals surface area contributed by atoms with Gasteiger partial charge in [-0.05, 0) is 54.8 Å². The molecule has 29 heavy (non-hydrogen) atoms. The molecule has 5 nitrogen and oxygen atoms in total. The summed E-state index contributed by atoms with van der Waals surface area (Å²) in [4.78, 5) is 26.5. The summed E-state index contributed by atoms with van der Waals surface area (Å²) in [5.74, 6) is -0.187. The number of nitrogens with zero attached hydrogens (tertiary/aromatic N) is 1. The molecule has 0 unspecified atom stereocenters. The van der Waals surface area contributed by atoms with Gasteiger partial charge in [0, 0.05) is 40.3 Å². The van der Waals surface area contributed by atoms with Gasteiger partial charge < -0.3 is 15.3 Å². The van der Waals surface area contributed by atoms with Crippen LogP contribution < -0.4 is 5.32 Å². The summed E-state index contributed by atoms with van der Waals surface area (Å²) < 4.78 is 0.835. The van der Waals surface area contributed by atoms with Gasteiger partial charge in [0.1, 0.15) is 0 Å². The normalized spacial score (nSPS) is 13.9. The first-order chi connectivity index (χ1) is 14.0. The average Bonchev–Trinajstić information content (AvgIpc) is 2.74. The topological polar surface area (TPSA) is 69.6 Å². The number of likely N-dealkylation sites (tertiary alicyclic amines) is 1. The van der Waals surface area contributed by atoms with Crippen LogP contribution in [-0.2, 0) is 0 Å². The number of carbonyl (C=O) groups is 2. The second kappa shape index (κ2) is 10.1. The molecule has 2 aromatic carbocycles. The number of nitrogens with one attached hydrogen (secondary N) is 1. The third-order valence-corrected chi connectivity index (χ3v) is 5.74. The van der Waals surface area contributed by atoms with Crippen LogP contribution in [0.4, 0.5) is 0 Å². The van der Waals surface area contributed by atoms with Crippen molar-refractivity contribution in [1.29, 1.82) is 0 Å². The Bertz CT molecular complexity index is 918. The molecule has 0 saturated carbocycles. The molecule has 0 bridgehead atoms. The summed E-state index contributed by atoms with van der Waals surface area (Å²) in [6.45, 7) is 1.49. The number of amides is 2. The summed E-state index contributed by atoms with van der Waals surface area (Å²) in [5.41, 5.74) is 3.45. The zero-order chi connectivity index (χ0) is 20.8. The molecule has 1 aliphatic heterocycles. The first-order valence-electron chi connectivity index (χ1n) is 9.41. The molecule has 1 heterocycles. The lowest BCUT2D eigenvalue weighted by Crippen LogP contribution is -2.36. The number of aliphatic hydroxyl groups excluding tert-OH is 1. The first-order valence-corrected chi connectivity index (χ1v) is 10.6. The smallest absolute Gasteiger partial charge is 0.253 e. The lowest BCUT2D eigenvalue weighted by atomic mass is 9.99. The van der Waals surface area contributed by atoms with E-state index >= 15 is 0 Å². The van der Waals surface area contributed by atoms with E-state index in [9.17, 15) is 9.59 Å². The standard InChI is InChI=1S/C22H22BrClN2O3/c23-20-14-18(21(28)25-9-12-27)2-1-17(20)13-15-7-10-26(11-8-15)22(29)16-3-5-19(24)6-4-16/h1-6,13-14,27H,7-12H2,(H,25,28). The van der Waals surface area contributed by atoms with Crippen LogP contribution >= 0.6 is 27.5 Å². The van der Waals surface area contributed by atoms with Gasteiger partial charge in [0.15, 0.2) is 0 Å². The molecule has 1 saturated heterocycles. The molecule has 3 rings (SSSR count). The number of halogens is 2. The first kappa shape index (κ1) is 21.6. The van der Waals surface area contributed by atoms with E-state index in [1.54, 1.807) is 36.4 Å². The van der Waals surface area contributed by atoms with Gasteiger partial charge in [-0.1, -0.05) is 45.2 Å². The fraction of sp³-hybridized carbons (Fsp3) is 0.273. The highest BCUT2D eigenvalue weighted by Gasteiger charge is 2.20. The van der Waals surface area contributed by atoms with Gasteiger partial charge in [0.05, 0.1) is 6.61 Å².